The van der Waals surface area contributed by atoms with Gasteiger partial charge >= 0.3 is 18.4 Å². The monoisotopic (exact) mass is 1350 g/mol. The number of alkyl halides is 6. The van der Waals surface area contributed by atoms with E-state index < -0.39 is 64.6 Å². The van der Waals surface area contributed by atoms with E-state index in [1.54, 1.807) is 40.9 Å². The number of benzene rings is 6. The minimum Gasteiger partial charge on any atom is -0.465 e. The molecule has 1 spiro atoms. The predicted octanol–water partition coefficient (Wildman–Crippen LogP) is 12.6. The second-order valence-electron chi connectivity index (χ2n) is 26.2. The van der Waals surface area contributed by atoms with E-state index in [1.807, 2.05) is 93.0 Å². The number of likely N-dealkylation sites (N-methyl/N-ethyl adjacent to an activating group) is 3. The van der Waals surface area contributed by atoms with Crippen molar-refractivity contribution in [1.82, 2.24) is 29.4 Å². The summed E-state index contributed by atoms with van der Waals surface area (Å²) in [5.74, 6) is -1.94. The quantitative estimate of drug-likeness (QED) is 0.0431. The number of hydrogen-bond donors (Lipinski definition) is 1. The molecule has 0 unspecified atom stereocenters. The number of nitrogens with zero attached hydrogens (tertiary/aromatic N) is 8. The lowest BCUT2D eigenvalue weighted by Gasteiger charge is -2.44. The van der Waals surface area contributed by atoms with Gasteiger partial charge in [0, 0.05) is 121 Å². The molecular formula is C74H85F7N8O8. The number of unbranched alkanes of at least 4 members (excludes halogenated alkanes) is 2. The first-order chi connectivity index (χ1) is 46.3. The standard InChI is InChI=1S/C74H85F7N8O8/c1-82(35-14-6-9-21-66(90)83(2)43-44-86-36-30-61(31-37-86)89(70(94)95)64-20-13-11-18-62(64)52-15-7-5-8-16-52)60-28-22-53(23-29-60)68(92)85(4)42-41-84(3)67(91)49-96-65-47-54-17-10-12-19-63(54)71(65)32-38-87(39-33-71)40-34-72(56-24-26-59(75)27-25-56)50-88(51-97-72)69(93)55-45-57(73(76,77)78)48-58(46-55)74(79,80)81/h5,7-8,10-13,15-20,22-29,45-46,48,61,65H,6,9,14,21,30-44,47,49-51H2,1-4H3,(H,94,95)/t65-,72+/m0/s1. The van der Waals surface area contributed by atoms with Gasteiger partial charge in [0.15, 0.2) is 0 Å². The molecule has 97 heavy (non-hydrogen) atoms. The van der Waals surface area contributed by atoms with Crippen molar-refractivity contribution in [3.05, 3.63) is 190 Å². The summed E-state index contributed by atoms with van der Waals surface area (Å²) in [6.45, 7) is 4.87. The zero-order valence-electron chi connectivity index (χ0n) is 55.3. The number of halogens is 7. The lowest BCUT2D eigenvalue weighted by molar-refractivity contribution is -0.143. The van der Waals surface area contributed by atoms with E-state index >= 15 is 0 Å². The number of piperidine rings is 2. The van der Waals surface area contributed by atoms with E-state index in [-0.39, 0.29) is 68.6 Å². The van der Waals surface area contributed by atoms with Crippen LogP contribution in [-0.4, -0.2) is 190 Å². The lowest BCUT2D eigenvalue weighted by atomic mass is 9.72. The van der Waals surface area contributed by atoms with Crippen molar-refractivity contribution in [2.45, 2.75) is 99.7 Å². The summed E-state index contributed by atoms with van der Waals surface area (Å²) in [5, 5.41) is 10.4. The molecule has 0 radical (unpaired) electrons. The number of carbonyl (C=O) groups is 5. The van der Waals surface area contributed by atoms with Gasteiger partial charge in [-0.3, -0.25) is 24.1 Å². The van der Waals surface area contributed by atoms with Crippen LogP contribution in [0, 0.1) is 5.82 Å². The van der Waals surface area contributed by atoms with Crippen LogP contribution in [0.4, 0.5) is 46.9 Å². The maximum atomic E-state index is 14.3. The highest BCUT2D eigenvalue weighted by Gasteiger charge is 2.50. The Morgan fingerprint density at radius 3 is 1.93 bits per heavy atom. The summed E-state index contributed by atoms with van der Waals surface area (Å²) in [5.41, 5.74) is 1.06. The van der Waals surface area contributed by atoms with Crippen LogP contribution in [0.3, 0.4) is 0 Å². The highest BCUT2D eigenvalue weighted by molar-refractivity contribution is 5.96. The van der Waals surface area contributed by atoms with Gasteiger partial charge in [0.1, 0.15) is 24.8 Å². The summed E-state index contributed by atoms with van der Waals surface area (Å²) < 4.78 is 110. The van der Waals surface area contributed by atoms with E-state index in [9.17, 15) is 59.8 Å². The van der Waals surface area contributed by atoms with Gasteiger partial charge < -0.3 is 48.9 Å². The van der Waals surface area contributed by atoms with E-state index in [1.165, 1.54) is 29.2 Å². The summed E-state index contributed by atoms with van der Waals surface area (Å²) >= 11 is 0. The average Bonchev–Trinajstić information content (AvgIpc) is 1.59. The number of amides is 5. The Bertz CT molecular complexity index is 3660. The third kappa shape index (κ3) is 17.1. The molecule has 3 aliphatic heterocycles. The molecule has 0 saturated carbocycles. The highest BCUT2D eigenvalue weighted by atomic mass is 19.4. The molecule has 5 amide bonds. The second-order valence-corrected chi connectivity index (χ2v) is 26.2. The van der Waals surface area contributed by atoms with Gasteiger partial charge in [-0.1, -0.05) is 91.3 Å². The van der Waals surface area contributed by atoms with Crippen molar-refractivity contribution in [2.24, 2.45) is 0 Å². The number of para-hydroxylation sites is 1. The van der Waals surface area contributed by atoms with Crippen molar-refractivity contribution in [2.75, 3.05) is 123 Å². The van der Waals surface area contributed by atoms with Gasteiger partial charge in [0.05, 0.1) is 29.5 Å². The van der Waals surface area contributed by atoms with Gasteiger partial charge in [-0.05, 0) is 147 Å². The molecule has 1 N–H and O–H groups in total. The molecule has 23 heteroatoms. The van der Waals surface area contributed by atoms with Crippen LogP contribution >= 0.6 is 0 Å². The minimum absolute atomic E-state index is 0.0305. The zero-order chi connectivity index (χ0) is 69.2. The van der Waals surface area contributed by atoms with Gasteiger partial charge in [0.25, 0.3) is 11.8 Å². The topological polar surface area (TPSA) is 150 Å². The van der Waals surface area contributed by atoms with Gasteiger partial charge in [0.2, 0.25) is 11.8 Å². The predicted molar refractivity (Wildman–Crippen MR) is 356 cm³/mol. The summed E-state index contributed by atoms with van der Waals surface area (Å²) in [6, 6.07) is 39.1. The second kappa shape index (κ2) is 31.0. The third-order valence-electron chi connectivity index (χ3n) is 20.0. The Morgan fingerprint density at radius 2 is 1.26 bits per heavy atom. The average molecular weight is 1350 g/mol. The van der Waals surface area contributed by atoms with Crippen LogP contribution in [-0.2, 0) is 48.9 Å². The van der Waals surface area contributed by atoms with E-state index in [0.717, 1.165) is 78.3 Å². The molecule has 0 aromatic heterocycles. The number of ether oxygens (including phenoxy) is 2. The first-order valence-corrected chi connectivity index (χ1v) is 33.2. The van der Waals surface area contributed by atoms with Crippen molar-refractivity contribution in [1.29, 1.82) is 0 Å². The summed E-state index contributed by atoms with van der Waals surface area (Å²) in [6.07, 6.45) is -5.06. The van der Waals surface area contributed by atoms with Crippen molar-refractivity contribution < 1.29 is 69.3 Å². The molecule has 518 valence electrons. The Kier molecular flexibility index (Phi) is 22.8. The van der Waals surface area contributed by atoms with E-state index in [2.05, 4.69) is 26.8 Å². The largest absolute Gasteiger partial charge is 0.465 e. The fourth-order valence-corrected chi connectivity index (χ4v) is 14.1. The Labute approximate surface area is 562 Å². The summed E-state index contributed by atoms with van der Waals surface area (Å²) in [4.78, 5) is 81.1. The van der Waals surface area contributed by atoms with Gasteiger partial charge in [-0.2, -0.15) is 26.3 Å². The Hall–Kier alpha value is -8.38. The number of carboxylic acid groups (broad SMARTS) is 1. The van der Waals surface area contributed by atoms with Gasteiger partial charge in [-0.25, -0.2) is 9.18 Å². The first-order valence-electron chi connectivity index (χ1n) is 33.2. The minimum atomic E-state index is -5.15. The van der Waals surface area contributed by atoms with Crippen LogP contribution < -0.4 is 9.80 Å². The molecule has 2 atom stereocenters. The van der Waals surface area contributed by atoms with E-state index in [4.69, 9.17) is 9.47 Å². The number of likely N-dealkylation sites (tertiary alicyclic amines) is 2. The number of fused-ring (bicyclic) bond motifs is 2. The molecule has 4 aliphatic rings. The first kappa shape index (κ1) is 71.4. The van der Waals surface area contributed by atoms with Crippen LogP contribution in [0.2, 0.25) is 0 Å². The normalized spacial score (nSPS) is 18.2. The van der Waals surface area contributed by atoms with Crippen LogP contribution in [0.25, 0.3) is 11.1 Å². The van der Waals surface area contributed by atoms with E-state index in [0.29, 0.717) is 93.7 Å². The Morgan fingerprint density at radius 1 is 0.639 bits per heavy atom. The third-order valence-corrected chi connectivity index (χ3v) is 20.0. The number of carbonyl (C=O) groups excluding carboxylic acids is 4. The molecule has 0 bridgehead atoms. The molecule has 3 saturated heterocycles. The fraction of sp³-hybridized carbons (Fsp3) is 0.446. The van der Waals surface area contributed by atoms with Crippen LogP contribution in [0.15, 0.2) is 146 Å². The van der Waals surface area contributed by atoms with Crippen LogP contribution in [0.5, 0.6) is 0 Å². The number of rotatable bonds is 25. The molecule has 3 heterocycles. The fourth-order valence-electron chi connectivity index (χ4n) is 14.1. The van der Waals surface area contributed by atoms with Crippen molar-refractivity contribution >= 4 is 41.1 Å². The highest BCUT2D eigenvalue weighted by Crippen LogP contribution is 2.49. The van der Waals surface area contributed by atoms with Gasteiger partial charge in [-0.15, -0.1) is 0 Å². The summed E-state index contributed by atoms with van der Waals surface area (Å²) in [7, 11) is 7.22. The number of hydrogen-bond acceptors (Lipinski definition) is 10. The Balaban J connectivity index is 0.633. The van der Waals surface area contributed by atoms with Crippen molar-refractivity contribution in [3.63, 3.8) is 0 Å². The number of anilines is 2. The molecule has 6 aromatic rings. The molecule has 1 aliphatic carbocycles. The molecule has 3 fully saturated rings. The van der Waals surface area contributed by atoms with Crippen LogP contribution in [0.1, 0.15) is 106 Å². The lowest BCUT2D eigenvalue weighted by Crippen LogP contribution is -2.50. The van der Waals surface area contributed by atoms with Crippen molar-refractivity contribution in [3.8, 4) is 11.1 Å². The molecule has 6 aromatic carbocycles. The smallest absolute Gasteiger partial charge is 0.416 e. The molecular weight excluding hydrogens is 1260 g/mol. The maximum absolute atomic E-state index is 14.3. The maximum Gasteiger partial charge on any atom is 0.416 e. The zero-order valence-corrected chi connectivity index (χ0v) is 55.3. The molecule has 16 nitrogen and oxygen atoms in total. The SMILES string of the molecule is CN(CCN1CCC(N(C(=O)O)c2ccccc2-c2ccccc2)CC1)C(=O)CCCCCN(C)c1ccc(C(=O)N(C)CCN(C)C(=O)CO[C@H]2Cc3ccccc3C23CCN(CC[C@]2(c4ccc(F)cc4)CN(C(=O)c4cc(C(F)(F)F)cc(C(F)(F)F)c4)CO2)CC3)cc1. The molecule has 10 rings (SSSR count).